The first kappa shape index (κ1) is 20.5. The molecule has 3 rings (SSSR count). The van der Waals surface area contributed by atoms with Crippen molar-refractivity contribution in [3.05, 3.63) is 48.5 Å². The highest BCUT2D eigenvalue weighted by atomic mass is 32.2. The molecule has 4 N–H and O–H groups in total. The quantitative estimate of drug-likeness (QED) is 0.660. The summed E-state index contributed by atoms with van der Waals surface area (Å²) in [5.41, 5.74) is 5.91. The number of nitrogens with two attached hydrogens (primary N) is 1. The van der Waals surface area contributed by atoms with Crippen LogP contribution in [0.2, 0.25) is 0 Å². The molecule has 1 fully saturated rings. The fourth-order valence-corrected chi connectivity index (χ4v) is 4.32. The molecule has 0 bridgehead atoms. The predicted molar refractivity (Wildman–Crippen MR) is 108 cm³/mol. The van der Waals surface area contributed by atoms with Crippen molar-refractivity contribution < 1.29 is 22.7 Å². The largest absolute Gasteiger partial charge is 0.495 e. The molecule has 0 radical (unpaired) electrons. The van der Waals surface area contributed by atoms with Gasteiger partial charge in [0.25, 0.3) is 10.0 Å². The van der Waals surface area contributed by atoms with Crippen LogP contribution in [0.1, 0.15) is 12.8 Å². The lowest BCUT2D eigenvalue weighted by Crippen LogP contribution is -2.45. The third-order valence-corrected chi connectivity index (χ3v) is 5.96. The highest BCUT2D eigenvalue weighted by Crippen LogP contribution is 2.27. The summed E-state index contributed by atoms with van der Waals surface area (Å²) >= 11 is 0. The summed E-state index contributed by atoms with van der Waals surface area (Å²) in [6.07, 6.45) is 1.18. The zero-order valence-corrected chi connectivity index (χ0v) is 16.6. The minimum atomic E-state index is -3.91. The first-order chi connectivity index (χ1) is 13.8. The van der Waals surface area contributed by atoms with Crippen molar-refractivity contribution >= 4 is 33.3 Å². The number of rotatable bonds is 6. The summed E-state index contributed by atoms with van der Waals surface area (Å²) in [5, 5.41) is 2.66. The number of ether oxygens (including phenoxy) is 1. The van der Waals surface area contributed by atoms with Crippen molar-refractivity contribution in [3.63, 3.8) is 0 Å². The van der Waals surface area contributed by atoms with Gasteiger partial charge in [-0.25, -0.2) is 13.2 Å². The Morgan fingerprint density at radius 2 is 1.93 bits per heavy atom. The number of hydrogen-bond acceptors (Lipinski definition) is 5. The summed E-state index contributed by atoms with van der Waals surface area (Å²) < 4.78 is 33.2. The maximum absolute atomic E-state index is 12.8. The first-order valence-corrected chi connectivity index (χ1v) is 10.4. The van der Waals surface area contributed by atoms with Gasteiger partial charge in [0, 0.05) is 12.2 Å². The first-order valence-electron chi connectivity index (χ1n) is 8.94. The van der Waals surface area contributed by atoms with Gasteiger partial charge >= 0.3 is 6.03 Å². The standard InChI is InChI=1S/C19H22N4O5S/c1-28-17-10-3-2-8-15(17)22-29(26,27)14-7-4-6-13(12-14)21-18(24)16-9-5-11-23(16)19(20)25/h2-4,6-8,10,12,16,22H,5,9,11H2,1H3,(H2,20,25)(H,21,24). The molecule has 2 aromatic carbocycles. The van der Waals surface area contributed by atoms with Crippen molar-refractivity contribution in [2.75, 3.05) is 23.7 Å². The van der Waals surface area contributed by atoms with Crippen LogP contribution in [-0.4, -0.2) is 45.0 Å². The molecule has 9 nitrogen and oxygen atoms in total. The number of methoxy groups -OCH3 is 1. The van der Waals surface area contributed by atoms with Crippen LogP contribution in [0, 0.1) is 0 Å². The summed E-state index contributed by atoms with van der Waals surface area (Å²) in [4.78, 5) is 25.2. The molecule has 1 atom stereocenters. The predicted octanol–water partition coefficient (Wildman–Crippen LogP) is 1.98. The van der Waals surface area contributed by atoms with Crippen molar-refractivity contribution in [1.29, 1.82) is 0 Å². The molecule has 154 valence electrons. The van der Waals surface area contributed by atoms with E-state index in [2.05, 4.69) is 10.0 Å². The minimum absolute atomic E-state index is 0.0283. The molecule has 0 aliphatic carbocycles. The number of carbonyl (C=O) groups is 2. The Labute approximate surface area is 168 Å². The third-order valence-electron chi connectivity index (χ3n) is 4.60. The number of sulfonamides is 1. The average Bonchev–Trinajstić information content (AvgIpc) is 3.19. The highest BCUT2D eigenvalue weighted by Gasteiger charge is 2.33. The Bertz CT molecular complexity index is 1020. The van der Waals surface area contributed by atoms with Crippen molar-refractivity contribution in [2.24, 2.45) is 5.73 Å². The van der Waals surface area contributed by atoms with Crippen LogP contribution in [0.15, 0.2) is 53.4 Å². The molecular formula is C19H22N4O5S. The van der Waals surface area contributed by atoms with E-state index in [0.29, 0.717) is 36.5 Å². The molecule has 10 heteroatoms. The summed E-state index contributed by atoms with van der Waals surface area (Å²) in [5.74, 6) is -0.0261. The fourth-order valence-electron chi connectivity index (χ4n) is 3.20. The summed E-state index contributed by atoms with van der Waals surface area (Å²) in [6.45, 7) is 0.421. The molecule has 1 unspecified atom stereocenters. The molecule has 0 spiro atoms. The monoisotopic (exact) mass is 418 g/mol. The van der Waals surface area contributed by atoms with Crippen LogP contribution in [0.5, 0.6) is 5.75 Å². The fraction of sp³-hybridized carbons (Fsp3) is 0.263. The lowest BCUT2D eigenvalue weighted by atomic mass is 10.2. The topological polar surface area (TPSA) is 131 Å². The molecule has 1 saturated heterocycles. The second-order valence-corrected chi connectivity index (χ2v) is 8.19. The Hall–Kier alpha value is -3.27. The molecule has 0 saturated carbocycles. The van der Waals surface area contributed by atoms with Crippen molar-refractivity contribution in [2.45, 2.75) is 23.8 Å². The van der Waals surface area contributed by atoms with Gasteiger partial charge in [0.05, 0.1) is 17.7 Å². The van der Waals surface area contributed by atoms with E-state index in [9.17, 15) is 18.0 Å². The van der Waals surface area contributed by atoms with E-state index >= 15 is 0 Å². The van der Waals surface area contributed by atoms with E-state index in [1.54, 1.807) is 30.3 Å². The highest BCUT2D eigenvalue weighted by molar-refractivity contribution is 7.92. The summed E-state index contributed by atoms with van der Waals surface area (Å²) in [6, 6.07) is 11.2. The number of anilines is 2. The second-order valence-electron chi connectivity index (χ2n) is 6.51. The number of primary amides is 1. The van der Waals surface area contributed by atoms with Gasteiger partial charge in [0.1, 0.15) is 11.8 Å². The van der Waals surface area contributed by atoms with Gasteiger partial charge < -0.3 is 20.7 Å². The van der Waals surface area contributed by atoms with E-state index in [0.717, 1.165) is 0 Å². The lowest BCUT2D eigenvalue weighted by Gasteiger charge is -2.21. The number of hydrogen-bond donors (Lipinski definition) is 3. The van der Waals surface area contributed by atoms with Gasteiger partial charge in [-0.1, -0.05) is 18.2 Å². The van der Waals surface area contributed by atoms with Crippen molar-refractivity contribution in [1.82, 2.24) is 4.90 Å². The van der Waals surface area contributed by atoms with Crippen LogP contribution in [0.4, 0.5) is 16.2 Å². The van der Waals surface area contributed by atoms with Crippen LogP contribution >= 0.6 is 0 Å². The molecule has 3 amide bonds. The molecule has 1 aliphatic rings. The van der Waals surface area contributed by atoms with Gasteiger partial charge in [-0.3, -0.25) is 9.52 Å². The molecule has 1 aliphatic heterocycles. The molecule has 0 aromatic heterocycles. The normalized spacial score (nSPS) is 16.3. The Morgan fingerprint density at radius 3 is 2.66 bits per heavy atom. The number of para-hydroxylation sites is 2. The van der Waals surface area contributed by atoms with E-state index in [-0.39, 0.29) is 4.90 Å². The maximum atomic E-state index is 12.8. The Morgan fingerprint density at radius 1 is 1.17 bits per heavy atom. The van der Waals surface area contributed by atoms with Crippen LogP contribution in [-0.2, 0) is 14.8 Å². The van der Waals surface area contributed by atoms with Gasteiger partial charge in [-0.15, -0.1) is 0 Å². The number of carbonyl (C=O) groups excluding carboxylic acids is 2. The zero-order chi connectivity index (χ0) is 21.0. The minimum Gasteiger partial charge on any atom is -0.495 e. The van der Waals surface area contributed by atoms with E-state index < -0.39 is 28.0 Å². The SMILES string of the molecule is COc1ccccc1NS(=O)(=O)c1cccc(NC(=O)C2CCCN2C(N)=O)c1. The molecular weight excluding hydrogens is 396 g/mol. The number of amides is 3. The van der Waals surface area contributed by atoms with Gasteiger partial charge in [-0.05, 0) is 43.2 Å². The molecule has 1 heterocycles. The Kier molecular flexibility index (Phi) is 5.92. The molecule has 29 heavy (non-hydrogen) atoms. The smallest absolute Gasteiger partial charge is 0.315 e. The lowest BCUT2D eigenvalue weighted by molar-refractivity contribution is -0.119. The van der Waals surface area contributed by atoms with Crippen LogP contribution in [0.25, 0.3) is 0 Å². The number of urea groups is 1. The van der Waals surface area contributed by atoms with Gasteiger partial charge in [0.15, 0.2) is 0 Å². The van der Waals surface area contributed by atoms with Gasteiger partial charge in [0.2, 0.25) is 5.91 Å². The van der Waals surface area contributed by atoms with Crippen LogP contribution in [0.3, 0.4) is 0 Å². The second kappa shape index (κ2) is 8.39. The average molecular weight is 418 g/mol. The van der Waals surface area contributed by atoms with E-state index in [1.165, 1.54) is 30.2 Å². The number of nitrogens with one attached hydrogen (secondary N) is 2. The van der Waals surface area contributed by atoms with Gasteiger partial charge in [-0.2, -0.15) is 0 Å². The van der Waals surface area contributed by atoms with Crippen LogP contribution < -0.4 is 20.5 Å². The number of benzene rings is 2. The zero-order valence-electron chi connectivity index (χ0n) is 15.8. The summed E-state index contributed by atoms with van der Waals surface area (Å²) in [7, 11) is -2.47. The maximum Gasteiger partial charge on any atom is 0.315 e. The number of nitrogens with zero attached hydrogens (tertiary/aromatic N) is 1. The molecule has 2 aromatic rings. The third kappa shape index (κ3) is 4.60. The van der Waals surface area contributed by atoms with Crippen molar-refractivity contribution in [3.8, 4) is 5.75 Å². The van der Waals surface area contributed by atoms with E-state index in [4.69, 9.17) is 10.5 Å². The van der Waals surface area contributed by atoms with E-state index in [1.807, 2.05) is 0 Å². The number of likely N-dealkylation sites (tertiary alicyclic amines) is 1. The Balaban J connectivity index is 1.78.